The molecule has 2 saturated heterocycles. The Bertz CT molecular complexity index is 1800. The molecule has 1 N–H and O–H groups in total. The normalized spacial score (nSPS) is 24.6. The number of amides is 1. The van der Waals surface area contributed by atoms with Gasteiger partial charge in [0.1, 0.15) is 16.2 Å². The van der Waals surface area contributed by atoms with Crippen molar-refractivity contribution in [3.8, 4) is 0 Å². The van der Waals surface area contributed by atoms with Crippen LogP contribution in [0.15, 0.2) is 41.3 Å². The van der Waals surface area contributed by atoms with Crippen LogP contribution in [0.3, 0.4) is 0 Å². The van der Waals surface area contributed by atoms with Crippen LogP contribution in [0.4, 0.5) is 35.1 Å². The number of carbonyl (C=O) groups excluding carboxylic acids is 1. The van der Waals surface area contributed by atoms with Gasteiger partial charge in [0.15, 0.2) is 19.7 Å². The molecule has 260 valence electrons. The quantitative estimate of drug-likeness (QED) is 0.328. The Morgan fingerprint density at radius 3 is 2.11 bits per heavy atom. The highest BCUT2D eigenvalue weighted by atomic mass is 32.2. The standard InChI is InChI=1S/C30H31F8NO6S2/c1-17(2)21-16-20(5-7-23(21)31)47(44,45)27-9-12-39(25(40)26(41)10-13-46(42,43)14-11-26)24(27)8-3-18-15-19(4-6-22(18)27)28(32,29(33,34)35)30(36,37)38/h4-7,15-17,24,41H,3,8-14H2,1-2H3. The van der Waals surface area contributed by atoms with E-state index in [1.54, 1.807) is 13.8 Å². The van der Waals surface area contributed by atoms with E-state index >= 15 is 4.39 Å². The zero-order valence-corrected chi connectivity index (χ0v) is 26.7. The molecule has 0 bridgehead atoms. The number of aryl methyl sites for hydroxylation is 1. The Morgan fingerprint density at radius 1 is 0.957 bits per heavy atom. The van der Waals surface area contributed by atoms with Gasteiger partial charge in [-0.3, -0.25) is 4.79 Å². The SMILES string of the molecule is CC(C)c1cc(S(=O)(=O)C23CCN(C(=O)C4(O)CCS(=O)(=O)CC4)C2CCc2cc(C(F)(C(F)(F)F)C(F)(F)F)ccc23)ccc1F. The van der Waals surface area contributed by atoms with Gasteiger partial charge in [-0.05, 0) is 72.9 Å². The Kier molecular flexibility index (Phi) is 8.40. The number of likely N-dealkylation sites (tertiary alicyclic amines) is 1. The van der Waals surface area contributed by atoms with Gasteiger partial charge in [0.25, 0.3) is 5.91 Å². The molecule has 1 aliphatic carbocycles. The van der Waals surface area contributed by atoms with Crippen LogP contribution in [0.25, 0.3) is 0 Å². The molecule has 0 spiro atoms. The second kappa shape index (κ2) is 11.1. The summed E-state index contributed by atoms with van der Waals surface area (Å²) >= 11 is 0. The minimum Gasteiger partial charge on any atom is -0.380 e. The molecule has 5 rings (SSSR count). The van der Waals surface area contributed by atoms with Crippen molar-refractivity contribution in [1.82, 2.24) is 4.90 Å². The summed E-state index contributed by atoms with van der Waals surface area (Å²) in [6.45, 7) is 2.85. The number of alkyl halides is 7. The van der Waals surface area contributed by atoms with Gasteiger partial charge < -0.3 is 10.0 Å². The van der Waals surface area contributed by atoms with E-state index in [2.05, 4.69) is 0 Å². The molecule has 2 fully saturated rings. The van der Waals surface area contributed by atoms with Crippen LogP contribution in [-0.2, 0) is 41.3 Å². The van der Waals surface area contributed by atoms with E-state index in [4.69, 9.17) is 0 Å². The van der Waals surface area contributed by atoms with Crippen LogP contribution in [0.2, 0.25) is 0 Å². The van der Waals surface area contributed by atoms with Gasteiger partial charge in [-0.25, -0.2) is 25.6 Å². The van der Waals surface area contributed by atoms with E-state index in [-0.39, 0.29) is 42.1 Å². The van der Waals surface area contributed by atoms with Crippen molar-refractivity contribution in [2.45, 2.75) is 91.2 Å². The monoisotopic (exact) mass is 717 g/mol. The topological polar surface area (TPSA) is 109 Å². The predicted molar refractivity (Wildman–Crippen MR) is 152 cm³/mol. The lowest BCUT2D eigenvalue weighted by Gasteiger charge is -2.44. The van der Waals surface area contributed by atoms with Crippen molar-refractivity contribution in [2.75, 3.05) is 18.1 Å². The average molecular weight is 718 g/mol. The molecule has 17 heteroatoms. The van der Waals surface area contributed by atoms with Crippen LogP contribution in [0, 0.1) is 5.82 Å². The lowest BCUT2D eigenvalue weighted by Crippen LogP contribution is -2.58. The number of nitrogens with zero attached hydrogens (tertiary/aromatic N) is 1. The fraction of sp³-hybridized carbons (Fsp3) is 0.567. The van der Waals surface area contributed by atoms with Crippen LogP contribution >= 0.6 is 0 Å². The third-order valence-corrected chi connectivity index (χ3v) is 13.9. The number of carbonyl (C=O) groups is 1. The predicted octanol–water partition coefficient (Wildman–Crippen LogP) is 5.39. The minimum atomic E-state index is -6.42. The summed E-state index contributed by atoms with van der Waals surface area (Å²) in [5.74, 6) is -3.22. The average Bonchev–Trinajstić information content (AvgIpc) is 3.38. The van der Waals surface area contributed by atoms with Gasteiger partial charge >= 0.3 is 18.0 Å². The van der Waals surface area contributed by atoms with Crippen molar-refractivity contribution < 1.29 is 61.9 Å². The number of rotatable bonds is 5. The van der Waals surface area contributed by atoms with Gasteiger partial charge in [0.2, 0.25) is 0 Å². The maximum atomic E-state index is 15.1. The number of aliphatic hydroxyl groups is 1. The van der Waals surface area contributed by atoms with E-state index in [9.17, 15) is 57.5 Å². The molecule has 2 aromatic rings. The van der Waals surface area contributed by atoms with E-state index in [0.29, 0.717) is 12.1 Å². The Balaban J connectivity index is 1.71. The fourth-order valence-electron chi connectivity index (χ4n) is 7.17. The van der Waals surface area contributed by atoms with E-state index in [1.165, 1.54) is 0 Å². The van der Waals surface area contributed by atoms with Crippen LogP contribution < -0.4 is 0 Å². The summed E-state index contributed by atoms with van der Waals surface area (Å²) in [5.41, 5.74) is -10.3. The van der Waals surface area contributed by atoms with Gasteiger partial charge in [-0.1, -0.05) is 32.0 Å². The third kappa shape index (κ3) is 5.34. The molecule has 2 atom stereocenters. The molecule has 0 saturated carbocycles. The molecule has 0 radical (unpaired) electrons. The third-order valence-electron chi connectivity index (χ3n) is 9.76. The molecule has 0 aromatic heterocycles. The first-order valence-electron chi connectivity index (χ1n) is 14.7. The van der Waals surface area contributed by atoms with Crippen LogP contribution in [-0.4, -0.2) is 74.8 Å². The van der Waals surface area contributed by atoms with E-state index < -0.39 is 113 Å². The zero-order valence-electron chi connectivity index (χ0n) is 25.1. The summed E-state index contributed by atoms with van der Waals surface area (Å²) in [6.07, 6.45) is -14.9. The Labute approximate surface area is 265 Å². The molecule has 2 aliphatic heterocycles. The second-order valence-electron chi connectivity index (χ2n) is 12.7. The molecule has 47 heavy (non-hydrogen) atoms. The number of fused-ring (bicyclic) bond motifs is 3. The number of halogens is 8. The van der Waals surface area contributed by atoms with Crippen molar-refractivity contribution in [3.05, 3.63) is 64.5 Å². The van der Waals surface area contributed by atoms with E-state index in [1.807, 2.05) is 0 Å². The molecule has 2 unspecified atom stereocenters. The number of sulfone groups is 2. The number of benzene rings is 2. The molecule has 2 heterocycles. The Hall–Kier alpha value is -2.79. The van der Waals surface area contributed by atoms with Gasteiger partial charge in [0, 0.05) is 12.1 Å². The molecule has 3 aliphatic rings. The summed E-state index contributed by atoms with van der Waals surface area (Å²) in [4.78, 5) is 14.5. The summed E-state index contributed by atoms with van der Waals surface area (Å²) in [5, 5.41) is 11.2. The van der Waals surface area contributed by atoms with Crippen LogP contribution in [0.5, 0.6) is 0 Å². The smallest absolute Gasteiger partial charge is 0.380 e. The van der Waals surface area contributed by atoms with E-state index in [0.717, 1.165) is 23.1 Å². The zero-order chi connectivity index (χ0) is 35.2. The second-order valence-corrected chi connectivity index (χ2v) is 17.3. The fourth-order valence-corrected chi connectivity index (χ4v) is 11.1. The van der Waals surface area contributed by atoms with Gasteiger partial charge in [0.05, 0.1) is 22.4 Å². The lowest BCUT2D eigenvalue weighted by molar-refractivity contribution is -0.348. The molecule has 7 nitrogen and oxygen atoms in total. The first kappa shape index (κ1) is 35.5. The van der Waals surface area contributed by atoms with Crippen molar-refractivity contribution in [3.63, 3.8) is 0 Å². The Morgan fingerprint density at radius 2 is 1.55 bits per heavy atom. The number of hydrogen-bond donors (Lipinski definition) is 1. The van der Waals surface area contributed by atoms with Crippen molar-refractivity contribution in [2.24, 2.45) is 0 Å². The first-order valence-corrected chi connectivity index (χ1v) is 18.0. The minimum absolute atomic E-state index is 0.00614. The number of hydrogen-bond acceptors (Lipinski definition) is 6. The highest BCUT2D eigenvalue weighted by Gasteiger charge is 2.74. The molecule has 1 amide bonds. The van der Waals surface area contributed by atoms with Crippen LogP contribution in [0.1, 0.15) is 67.7 Å². The summed E-state index contributed by atoms with van der Waals surface area (Å²) in [7, 11) is -8.31. The highest BCUT2D eigenvalue weighted by Crippen LogP contribution is 2.57. The van der Waals surface area contributed by atoms with Gasteiger partial charge in [-0.15, -0.1) is 0 Å². The molecular formula is C30H31F8NO6S2. The largest absolute Gasteiger partial charge is 0.435 e. The lowest BCUT2D eigenvalue weighted by atomic mass is 9.76. The molecule has 2 aromatic carbocycles. The molecular weight excluding hydrogens is 686 g/mol. The highest BCUT2D eigenvalue weighted by molar-refractivity contribution is 7.92. The summed E-state index contributed by atoms with van der Waals surface area (Å²) < 4.78 is 163. The first-order chi connectivity index (χ1) is 21.4. The van der Waals surface area contributed by atoms with Crippen molar-refractivity contribution >= 4 is 25.6 Å². The summed E-state index contributed by atoms with van der Waals surface area (Å²) in [6, 6.07) is 2.90. The maximum absolute atomic E-state index is 15.1. The van der Waals surface area contributed by atoms with Gasteiger partial charge in [-0.2, -0.15) is 26.3 Å². The van der Waals surface area contributed by atoms with Crippen molar-refractivity contribution in [1.29, 1.82) is 0 Å². The maximum Gasteiger partial charge on any atom is 0.435 e.